The van der Waals surface area contributed by atoms with Gasteiger partial charge in [0.05, 0.1) is 6.61 Å². The first-order valence-electron chi connectivity index (χ1n) is 7.57. The second-order valence-corrected chi connectivity index (χ2v) is 6.34. The number of carbonyl (C=O) groups is 1. The van der Waals surface area contributed by atoms with Gasteiger partial charge in [-0.05, 0) is 31.0 Å². The van der Waals surface area contributed by atoms with Crippen molar-refractivity contribution >= 4 is 34.9 Å². The van der Waals surface area contributed by atoms with Crippen molar-refractivity contribution in [2.75, 3.05) is 11.9 Å². The lowest BCUT2D eigenvalue weighted by Gasteiger charge is -2.33. The van der Waals surface area contributed by atoms with E-state index in [4.69, 9.17) is 27.9 Å². The van der Waals surface area contributed by atoms with Gasteiger partial charge in [0.1, 0.15) is 6.04 Å². The van der Waals surface area contributed by atoms with Crippen molar-refractivity contribution < 1.29 is 9.53 Å². The minimum atomic E-state index is -0.415. The standard InChI is InChI=1S/C18H17Cl2NO2/c1-2-23-18(22)16-10-13(11-6-4-3-5-7-11)17-14(20)8-12(19)9-15(17)21-16/h3-9,13,16,21H,2,10H2,1H3. The average Bonchev–Trinajstić information content (AvgIpc) is 2.54. The highest BCUT2D eigenvalue weighted by Gasteiger charge is 2.34. The number of benzene rings is 2. The molecule has 0 radical (unpaired) electrons. The maximum absolute atomic E-state index is 12.2. The molecule has 0 amide bonds. The molecule has 2 atom stereocenters. The van der Waals surface area contributed by atoms with Crippen LogP contribution in [-0.2, 0) is 9.53 Å². The third-order valence-corrected chi connectivity index (χ3v) is 4.55. The number of nitrogens with one attached hydrogen (secondary N) is 1. The Morgan fingerprint density at radius 2 is 2.00 bits per heavy atom. The molecule has 3 nitrogen and oxygen atoms in total. The van der Waals surface area contributed by atoms with Crippen LogP contribution in [0, 0.1) is 0 Å². The number of ether oxygens (including phenoxy) is 1. The van der Waals surface area contributed by atoms with Crippen LogP contribution in [0.1, 0.15) is 30.4 Å². The zero-order valence-corrected chi connectivity index (χ0v) is 14.2. The van der Waals surface area contributed by atoms with Crippen molar-refractivity contribution in [3.63, 3.8) is 0 Å². The molecule has 2 aromatic carbocycles. The van der Waals surface area contributed by atoms with E-state index < -0.39 is 6.04 Å². The number of anilines is 1. The molecule has 120 valence electrons. The molecule has 0 spiro atoms. The molecule has 3 rings (SSSR count). The van der Waals surface area contributed by atoms with Gasteiger partial charge < -0.3 is 10.1 Å². The normalized spacial score (nSPS) is 19.6. The van der Waals surface area contributed by atoms with E-state index >= 15 is 0 Å². The highest BCUT2D eigenvalue weighted by molar-refractivity contribution is 6.35. The second-order valence-electron chi connectivity index (χ2n) is 5.50. The summed E-state index contributed by atoms with van der Waals surface area (Å²) >= 11 is 12.6. The number of hydrogen-bond acceptors (Lipinski definition) is 3. The molecule has 0 aliphatic carbocycles. The summed E-state index contributed by atoms with van der Waals surface area (Å²) in [5.74, 6) is -0.234. The fourth-order valence-electron chi connectivity index (χ4n) is 3.04. The molecule has 2 unspecified atom stereocenters. The van der Waals surface area contributed by atoms with E-state index in [0.717, 1.165) is 16.8 Å². The first-order valence-corrected chi connectivity index (χ1v) is 8.32. The van der Waals surface area contributed by atoms with E-state index in [2.05, 4.69) is 5.32 Å². The van der Waals surface area contributed by atoms with Gasteiger partial charge in [-0.3, -0.25) is 0 Å². The maximum Gasteiger partial charge on any atom is 0.328 e. The van der Waals surface area contributed by atoms with Gasteiger partial charge in [0, 0.05) is 27.2 Å². The maximum atomic E-state index is 12.2. The van der Waals surface area contributed by atoms with Gasteiger partial charge in [0.15, 0.2) is 0 Å². The third-order valence-electron chi connectivity index (χ3n) is 4.02. The summed E-state index contributed by atoms with van der Waals surface area (Å²) in [5.41, 5.74) is 2.89. The molecule has 23 heavy (non-hydrogen) atoms. The topological polar surface area (TPSA) is 38.3 Å². The molecule has 0 saturated heterocycles. The molecule has 1 aliphatic heterocycles. The number of rotatable bonds is 3. The van der Waals surface area contributed by atoms with E-state index in [0.29, 0.717) is 23.1 Å². The summed E-state index contributed by atoms with van der Waals surface area (Å²) in [5, 5.41) is 4.37. The van der Waals surface area contributed by atoms with Gasteiger partial charge in [-0.25, -0.2) is 4.79 Å². The largest absolute Gasteiger partial charge is 0.464 e. The first-order chi connectivity index (χ1) is 11.1. The van der Waals surface area contributed by atoms with Crippen LogP contribution >= 0.6 is 23.2 Å². The Morgan fingerprint density at radius 3 is 2.70 bits per heavy atom. The monoisotopic (exact) mass is 349 g/mol. The Morgan fingerprint density at radius 1 is 1.26 bits per heavy atom. The fourth-order valence-corrected chi connectivity index (χ4v) is 3.67. The second kappa shape index (κ2) is 6.81. The third kappa shape index (κ3) is 3.31. The highest BCUT2D eigenvalue weighted by atomic mass is 35.5. The molecule has 0 aromatic heterocycles. The summed E-state index contributed by atoms with van der Waals surface area (Å²) < 4.78 is 5.17. The van der Waals surface area contributed by atoms with Crippen LogP contribution in [-0.4, -0.2) is 18.6 Å². The molecular weight excluding hydrogens is 333 g/mol. The molecule has 0 bridgehead atoms. The Labute approximate surface area is 145 Å². The van der Waals surface area contributed by atoms with Gasteiger partial charge in [-0.15, -0.1) is 0 Å². The Hall–Kier alpha value is -1.71. The number of fused-ring (bicyclic) bond motifs is 1. The van der Waals surface area contributed by atoms with Crippen molar-refractivity contribution in [3.8, 4) is 0 Å². The summed E-state index contributed by atoms with van der Waals surface area (Å²) in [6.07, 6.45) is 0.594. The van der Waals surface area contributed by atoms with Crippen molar-refractivity contribution in [1.82, 2.24) is 0 Å². The first kappa shape index (κ1) is 16.2. The Balaban J connectivity index is 2.06. The van der Waals surface area contributed by atoms with Crippen molar-refractivity contribution in [3.05, 3.63) is 63.6 Å². The quantitative estimate of drug-likeness (QED) is 0.803. The van der Waals surface area contributed by atoms with Crippen LogP contribution in [0.25, 0.3) is 0 Å². The minimum Gasteiger partial charge on any atom is -0.464 e. The van der Waals surface area contributed by atoms with Gasteiger partial charge in [-0.2, -0.15) is 0 Å². The summed E-state index contributed by atoms with van der Waals surface area (Å²) in [6.45, 7) is 2.16. The number of hydrogen-bond donors (Lipinski definition) is 1. The summed E-state index contributed by atoms with van der Waals surface area (Å²) in [7, 11) is 0. The van der Waals surface area contributed by atoms with Crippen molar-refractivity contribution in [1.29, 1.82) is 0 Å². The van der Waals surface area contributed by atoms with Crippen LogP contribution in [0.4, 0.5) is 5.69 Å². The van der Waals surface area contributed by atoms with Crippen LogP contribution in [0.5, 0.6) is 0 Å². The fraction of sp³-hybridized carbons (Fsp3) is 0.278. The molecular formula is C18H17Cl2NO2. The van der Waals surface area contributed by atoms with Gasteiger partial charge >= 0.3 is 5.97 Å². The lowest BCUT2D eigenvalue weighted by molar-refractivity contribution is -0.144. The zero-order chi connectivity index (χ0) is 16.4. The van der Waals surface area contributed by atoms with Crippen molar-refractivity contribution in [2.24, 2.45) is 0 Å². The van der Waals surface area contributed by atoms with E-state index in [1.54, 1.807) is 13.0 Å². The molecule has 1 aliphatic rings. The van der Waals surface area contributed by atoms with Gasteiger partial charge in [0.2, 0.25) is 0 Å². The SMILES string of the molecule is CCOC(=O)C1CC(c2ccccc2)c2c(Cl)cc(Cl)cc2N1. The van der Waals surface area contributed by atoms with E-state index in [-0.39, 0.29) is 11.9 Å². The molecule has 0 saturated carbocycles. The smallest absolute Gasteiger partial charge is 0.328 e. The molecule has 1 N–H and O–H groups in total. The van der Waals surface area contributed by atoms with E-state index in [1.807, 2.05) is 36.4 Å². The minimum absolute atomic E-state index is 0.0200. The number of carbonyl (C=O) groups excluding carboxylic acids is 1. The highest BCUT2D eigenvalue weighted by Crippen LogP contribution is 2.44. The predicted molar refractivity (Wildman–Crippen MR) is 93.4 cm³/mol. The molecule has 1 heterocycles. The molecule has 2 aromatic rings. The Kier molecular flexibility index (Phi) is 4.79. The van der Waals surface area contributed by atoms with Crippen molar-refractivity contribution in [2.45, 2.75) is 25.3 Å². The lowest BCUT2D eigenvalue weighted by Crippen LogP contribution is -2.37. The van der Waals surface area contributed by atoms with Crippen LogP contribution in [0.2, 0.25) is 10.0 Å². The van der Waals surface area contributed by atoms with Crippen LogP contribution in [0.15, 0.2) is 42.5 Å². The average molecular weight is 350 g/mol. The van der Waals surface area contributed by atoms with Gasteiger partial charge in [-0.1, -0.05) is 53.5 Å². The van der Waals surface area contributed by atoms with Crippen LogP contribution < -0.4 is 5.32 Å². The molecule has 0 fully saturated rings. The Bertz CT molecular complexity index is 718. The van der Waals surface area contributed by atoms with E-state index in [1.165, 1.54) is 0 Å². The predicted octanol–water partition coefficient (Wildman–Crippen LogP) is 4.87. The summed E-state index contributed by atoms with van der Waals surface area (Å²) in [4.78, 5) is 12.2. The summed E-state index contributed by atoms with van der Waals surface area (Å²) in [6, 6.07) is 13.2. The number of halogens is 2. The number of esters is 1. The molecule has 5 heteroatoms. The van der Waals surface area contributed by atoms with E-state index in [9.17, 15) is 4.79 Å². The lowest BCUT2D eigenvalue weighted by atomic mass is 9.82. The van der Waals surface area contributed by atoms with Gasteiger partial charge in [0.25, 0.3) is 0 Å². The zero-order valence-electron chi connectivity index (χ0n) is 12.7. The van der Waals surface area contributed by atoms with Crippen LogP contribution in [0.3, 0.4) is 0 Å².